The highest BCUT2D eigenvalue weighted by Crippen LogP contribution is 2.21. The van der Waals surface area contributed by atoms with Gasteiger partial charge < -0.3 is 5.73 Å². The summed E-state index contributed by atoms with van der Waals surface area (Å²) >= 11 is 0. The number of hydrogen-bond acceptors (Lipinski definition) is 2. The molecule has 0 aliphatic carbocycles. The second-order valence-corrected chi connectivity index (χ2v) is 3.81. The van der Waals surface area contributed by atoms with Gasteiger partial charge in [-0.3, -0.25) is 4.90 Å². The quantitative estimate of drug-likeness (QED) is 0.639. The minimum absolute atomic E-state index is 0.693. The van der Waals surface area contributed by atoms with E-state index in [0.29, 0.717) is 5.92 Å². The van der Waals surface area contributed by atoms with Gasteiger partial charge >= 0.3 is 0 Å². The fourth-order valence-electron chi connectivity index (χ4n) is 1.88. The van der Waals surface area contributed by atoms with Crippen LogP contribution in [0, 0.1) is 11.8 Å². The number of nitrogens with zero attached hydrogens (tertiary/aromatic N) is 1. The molecule has 70 valence electrons. The molecule has 2 unspecified atom stereocenters. The van der Waals surface area contributed by atoms with Gasteiger partial charge in [0.1, 0.15) is 0 Å². The summed E-state index contributed by atoms with van der Waals surface area (Å²) in [5.41, 5.74) is 5.70. The third kappa shape index (κ3) is 2.32. The van der Waals surface area contributed by atoms with Crippen molar-refractivity contribution in [3.63, 3.8) is 0 Å². The molecule has 0 radical (unpaired) electrons. The van der Waals surface area contributed by atoms with Crippen LogP contribution < -0.4 is 5.73 Å². The summed E-state index contributed by atoms with van der Waals surface area (Å²) in [5, 5.41) is 0. The Hall–Kier alpha value is -0.340. The van der Waals surface area contributed by atoms with Gasteiger partial charge in [0.25, 0.3) is 0 Å². The van der Waals surface area contributed by atoms with Crippen molar-refractivity contribution >= 4 is 0 Å². The minimum atomic E-state index is 0.693. The number of nitrogens with two attached hydrogens (primary N) is 1. The third-order valence-corrected chi connectivity index (χ3v) is 2.89. The van der Waals surface area contributed by atoms with E-state index < -0.39 is 0 Å². The maximum absolute atomic E-state index is 5.70. The van der Waals surface area contributed by atoms with Crippen LogP contribution in [0.5, 0.6) is 0 Å². The summed E-state index contributed by atoms with van der Waals surface area (Å²) < 4.78 is 0. The maximum Gasteiger partial charge on any atom is 0.0160 e. The van der Waals surface area contributed by atoms with Crippen molar-refractivity contribution in [3.05, 3.63) is 12.7 Å². The lowest BCUT2D eigenvalue weighted by atomic mass is 9.87. The molecular weight excluding hydrogens is 148 g/mol. The first-order valence-corrected chi connectivity index (χ1v) is 4.81. The molecule has 1 fully saturated rings. The third-order valence-electron chi connectivity index (χ3n) is 2.89. The highest BCUT2D eigenvalue weighted by molar-refractivity contribution is 4.82. The molecule has 0 bridgehead atoms. The first-order valence-electron chi connectivity index (χ1n) is 4.81. The molecule has 0 amide bonds. The molecule has 0 aromatic heterocycles. The van der Waals surface area contributed by atoms with Gasteiger partial charge in [-0.1, -0.05) is 13.0 Å². The van der Waals surface area contributed by atoms with Crippen molar-refractivity contribution in [2.45, 2.75) is 13.3 Å². The molecule has 2 nitrogen and oxygen atoms in total. The maximum atomic E-state index is 5.70. The van der Waals surface area contributed by atoms with Crippen LogP contribution in [0.3, 0.4) is 0 Å². The van der Waals surface area contributed by atoms with Crippen LogP contribution in [-0.2, 0) is 0 Å². The van der Waals surface area contributed by atoms with Crippen LogP contribution in [-0.4, -0.2) is 31.1 Å². The lowest BCUT2D eigenvalue weighted by molar-refractivity contribution is 0.144. The number of hydrogen-bond donors (Lipinski definition) is 1. The van der Waals surface area contributed by atoms with Crippen LogP contribution in [0.25, 0.3) is 0 Å². The molecule has 1 aliphatic rings. The zero-order valence-corrected chi connectivity index (χ0v) is 8.00. The summed E-state index contributed by atoms with van der Waals surface area (Å²) in [6, 6.07) is 0. The lowest BCUT2D eigenvalue weighted by Crippen LogP contribution is -2.42. The van der Waals surface area contributed by atoms with Crippen LogP contribution in [0.2, 0.25) is 0 Å². The first-order chi connectivity index (χ1) is 5.77. The summed E-state index contributed by atoms with van der Waals surface area (Å²) in [4.78, 5) is 2.44. The highest BCUT2D eigenvalue weighted by Gasteiger charge is 2.23. The zero-order valence-electron chi connectivity index (χ0n) is 8.00. The van der Waals surface area contributed by atoms with E-state index >= 15 is 0 Å². The van der Waals surface area contributed by atoms with Gasteiger partial charge in [-0.15, -0.1) is 6.58 Å². The standard InChI is InChI=1S/C10H20N2/c1-3-5-12-6-4-9(2)10(7-11)8-12/h3,9-10H,1,4-8,11H2,2H3. The average Bonchev–Trinajstić information content (AvgIpc) is 2.09. The van der Waals surface area contributed by atoms with Crippen molar-refractivity contribution in [3.8, 4) is 0 Å². The van der Waals surface area contributed by atoms with E-state index in [1.807, 2.05) is 6.08 Å². The van der Waals surface area contributed by atoms with Gasteiger partial charge in [0.05, 0.1) is 0 Å². The molecule has 0 aromatic carbocycles. The molecule has 0 saturated carbocycles. The van der Waals surface area contributed by atoms with E-state index in [-0.39, 0.29) is 0 Å². The lowest BCUT2D eigenvalue weighted by Gasteiger charge is -2.35. The molecule has 2 N–H and O–H groups in total. The van der Waals surface area contributed by atoms with Gasteiger partial charge in [-0.2, -0.15) is 0 Å². The predicted molar refractivity (Wildman–Crippen MR) is 53.0 cm³/mol. The molecule has 1 aliphatic heterocycles. The fraction of sp³-hybridized carbons (Fsp3) is 0.800. The molecule has 0 aromatic rings. The highest BCUT2D eigenvalue weighted by atomic mass is 15.1. The average molecular weight is 168 g/mol. The largest absolute Gasteiger partial charge is 0.330 e. The van der Waals surface area contributed by atoms with Crippen LogP contribution in [0.15, 0.2) is 12.7 Å². The van der Waals surface area contributed by atoms with Gasteiger partial charge in [0, 0.05) is 13.1 Å². The predicted octanol–water partition coefficient (Wildman–Crippen LogP) is 1.09. The second kappa shape index (κ2) is 4.63. The zero-order chi connectivity index (χ0) is 8.97. The minimum Gasteiger partial charge on any atom is -0.330 e. The van der Waals surface area contributed by atoms with E-state index in [2.05, 4.69) is 18.4 Å². The van der Waals surface area contributed by atoms with Crippen molar-refractivity contribution in [2.24, 2.45) is 17.6 Å². The van der Waals surface area contributed by atoms with Gasteiger partial charge in [0.2, 0.25) is 0 Å². The Morgan fingerprint density at radius 3 is 3.00 bits per heavy atom. The topological polar surface area (TPSA) is 29.3 Å². The van der Waals surface area contributed by atoms with Crippen LogP contribution in [0.1, 0.15) is 13.3 Å². The number of piperidine rings is 1. The molecular formula is C10H20N2. The summed E-state index contributed by atoms with van der Waals surface area (Å²) in [7, 11) is 0. The Morgan fingerprint density at radius 1 is 1.67 bits per heavy atom. The summed E-state index contributed by atoms with van der Waals surface area (Å²) in [6.45, 7) is 10.3. The molecule has 1 saturated heterocycles. The van der Waals surface area contributed by atoms with Crippen LogP contribution in [0.4, 0.5) is 0 Å². The molecule has 2 atom stereocenters. The van der Waals surface area contributed by atoms with E-state index in [1.165, 1.54) is 13.0 Å². The van der Waals surface area contributed by atoms with E-state index in [1.54, 1.807) is 0 Å². The normalized spacial score (nSPS) is 31.8. The van der Waals surface area contributed by atoms with Crippen molar-refractivity contribution in [2.75, 3.05) is 26.2 Å². The Labute approximate surface area is 75.4 Å². The molecule has 0 spiro atoms. The Morgan fingerprint density at radius 2 is 2.42 bits per heavy atom. The Bertz CT molecular complexity index is 145. The van der Waals surface area contributed by atoms with Crippen molar-refractivity contribution in [1.29, 1.82) is 0 Å². The number of rotatable bonds is 3. The second-order valence-electron chi connectivity index (χ2n) is 3.81. The molecule has 12 heavy (non-hydrogen) atoms. The van der Waals surface area contributed by atoms with Crippen molar-refractivity contribution < 1.29 is 0 Å². The van der Waals surface area contributed by atoms with Gasteiger partial charge in [-0.05, 0) is 31.3 Å². The van der Waals surface area contributed by atoms with E-state index in [9.17, 15) is 0 Å². The molecule has 1 heterocycles. The summed E-state index contributed by atoms with van der Waals surface area (Å²) in [6.07, 6.45) is 3.26. The number of likely N-dealkylation sites (tertiary alicyclic amines) is 1. The van der Waals surface area contributed by atoms with Crippen molar-refractivity contribution in [1.82, 2.24) is 4.90 Å². The molecule has 1 rings (SSSR count). The van der Waals surface area contributed by atoms with E-state index in [4.69, 9.17) is 5.73 Å². The van der Waals surface area contributed by atoms with Gasteiger partial charge in [-0.25, -0.2) is 0 Å². The van der Waals surface area contributed by atoms with Gasteiger partial charge in [0.15, 0.2) is 0 Å². The molecule has 2 heteroatoms. The SMILES string of the molecule is C=CCN1CCC(C)C(CN)C1. The van der Waals surface area contributed by atoms with E-state index in [0.717, 1.165) is 25.6 Å². The smallest absolute Gasteiger partial charge is 0.0160 e. The Balaban J connectivity index is 2.38. The Kier molecular flexibility index (Phi) is 3.76. The first kappa shape index (κ1) is 9.75. The monoisotopic (exact) mass is 168 g/mol. The fourth-order valence-corrected chi connectivity index (χ4v) is 1.88. The summed E-state index contributed by atoms with van der Waals surface area (Å²) in [5.74, 6) is 1.50. The van der Waals surface area contributed by atoms with Crippen LogP contribution >= 0.6 is 0 Å².